The molecule has 0 saturated heterocycles. The van der Waals surface area contributed by atoms with Crippen molar-refractivity contribution in [1.82, 2.24) is 19.7 Å². The number of aromatic nitrogens is 4. The number of aromatic amines is 1. The molecular weight excluding hydrogens is 226 g/mol. The third kappa shape index (κ3) is 1.98. The minimum absolute atomic E-state index is 0.0127. The number of nitrogens with two attached hydrogens (primary N) is 1. The Morgan fingerprint density at radius 2 is 2.38 bits per heavy atom. The van der Waals surface area contributed by atoms with Gasteiger partial charge in [-0.2, -0.15) is 5.10 Å². The van der Waals surface area contributed by atoms with Gasteiger partial charge in [-0.05, 0) is 24.4 Å². The maximum Gasteiger partial charge on any atom is 0.237 e. The van der Waals surface area contributed by atoms with Gasteiger partial charge in [0.05, 0.1) is 0 Å². The molecule has 2 aromatic heterocycles. The largest absolute Gasteiger partial charge is 0.368 e. The van der Waals surface area contributed by atoms with E-state index in [9.17, 15) is 4.79 Å². The highest BCUT2D eigenvalue weighted by Gasteiger charge is 2.10. The molecule has 0 radical (unpaired) electrons. The highest BCUT2D eigenvalue weighted by atomic mass is 32.1. The molecule has 0 fully saturated rings. The van der Waals surface area contributed by atoms with Crippen molar-refractivity contribution in [3.05, 3.63) is 29.2 Å². The van der Waals surface area contributed by atoms with Gasteiger partial charge in [0.2, 0.25) is 5.91 Å². The van der Waals surface area contributed by atoms with E-state index in [0.717, 1.165) is 0 Å². The summed E-state index contributed by atoms with van der Waals surface area (Å²) in [7, 11) is 0. The van der Waals surface area contributed by atoms with Crippen LogP contribution >= 0.6 is 12.2 Å². The molecule has 0 bridgehead atoms. The number of hydrogen-bond acceptors (Lipinski definition) is 4. The molecule has 2 heterocycles. The van der Waals surface area contributed by atoms with Crippen LogP contribution in [0.2, 0.25) is 0 Å². The molecule has 0 aliphatic carbocycles. The molecule has 0 aliphatic heterocycles. The second-order valence-electron chi connectivity index (χ2n) is 3.12. The van der Waals surface area contributed by atoms with Crippen molar-refractivity contribution in [2.45, 2.75) is 6.54 Å². The highest BCUT2D eigenvalue weighted by Crippen LogP contribution is 2.13. The Bertz CT molecular complexity index is 559. The van der Waals surface area contributed by atoms with Crippen molar-refractivity contribution in [2.75, 3.05) is 0 Å². The van der Waals surface area contributed by atoms with E-state index in [1.165, 1.54) is 4.57 Å². The van der Waals surface area contributed by atoms with Gasteiger partial charge in [0.25, 0.3) is 0 Å². The molecule has 0 spiro atoms. The normalized spacial score (nSPS) is 10.2. The zero-order chi connectivity index (χ0) is 11.5. The summed E-state index contributed by atoms with van der Waals surface area (Å²) in [5, 5.41) is 6.62. The maximum atomic E-state index is 10.9. The Morgan fingerprint density at radius 3 is 3.00 bits per heavy atom. The molecule has 16 heavy (non-hydrogen) atoms. The van der Waals surface area contributed by atoms with Crippen LogP contribution in [0.3, 0.4) is 0 Å². The van der Waals surface area contributed by atoms with Crippen molar-refractivity contribution >= 4 is 18.1 Å². The fraction of sp³-hybridized carbons (Fsp3) is 0.111. The first-order valence-corrected chi connectivity index (χ1v) is 4.94. The van der Waals surface area contributed by atoms with E-state index < -0.39 is 5.91 Å². The Balaban J connectivity index is 2.50. The standard InChI is InChI=1S/C9H9N5OS/c10-7(15)5-14-8(12-13-9(14)16)6-3-1-2-4-11-6/h1-4H,5H2,(H2,10,15)(H,13,16). The summed E-state index contributed by atoms with van der Waals surface area (Å²) in [6, 6.07) is 5.40. The number of pyridine rings is 1. The molecule has 7 heteroatoms. The third-order valence-corrected chi connectivity index (χ3v) is 2.28. The number of nitrogens with zero attached hydrogens (tertiary/aromatic N) is 3. The number of carbonyl (C=O) groups is 1. The van der Waals surface area contributed by atoms with Gasteiger partial charge in [0, 0.05) is 6.20 Å². The Hall–Kier alpha value is -2.02. The average molecular weight is 235 g/mol. The first-order chi connectivity index (χ1) is 7.68. The molecule has 0 aliphatic rings. The Morgan fingerprint density at radius 1 is 1.56 bits per heavy atom. The fourth-order valence-electron chi connectivity index (χ4n) is 1.31. The molecule has 2 aromatic rings. The summed E-state index contributed by atoms with van der Waals surface area (Å²) in [4.78, 5) is 15.0. The van der Waals surface area contributed by atoms with Crippen molar-refractivity contribution in [3.63, 3.8) is 0 Å². The van der Waals surface area contributed by atoms with Gasteiger partial charge in [0.1, 0.15) is 12.2 Å². The van der Waals surface area contributed by atoms with Gasteiger partial charge >= 0.3 is 0 Å². The highest BCUT2D eigenvalue weighted by molar-refractivity contribution is 7.71. The van der Waals surface area contributed by atoms with Gasteiger partial charge in [-0.1, -0.05) is 6.07 Å². The Labute approximate surface area is 96.1 Å². The van der Waals surface area contributed by atoms with E-state index in [-0.39, 0.29) is 6.54 Å². The predicted molar refractivity (Wildman–Crippen MR) is 59.8 cm³/mol. The van der Waals surface area contributed by atoms with Crippen LogP contribution in [0.5, 0.6) is 0 Å². The molecule has 0 saturated carbocycles. The predicted octanol–water partition coefficient (Wildman–Crippen LogP) is 0.488. The average Bonchev–Trinajstić information content (AvgIpc) is 2.61. The number of hydrogen-bond donors (Lipinski definition) is 2. The quantitative estimate of drug-likeness (QED) is 0.757. The second-order valence-corrected chi connectivity index (χ2v) is 3.51. The fourth-order valence-corrected chi connectivity index (χ4v) is 1.51. The lowest BCUT2D eigenvalue weighted by Crippen LogP contribution is -2.19. The van der Waals surface area contributed by atoms with Gasteiger partial charge in [-0.25, -0.2) is 0 Å². The van der Waals surface area contributed by atoms with Crippen LogP contribution in [0.1, 0.15) is 0 Å². The minimum atomic E-state index is -0.477. The minimum Gasteiger partial charge on any atom is -0.368 e. The first kappa shape index (κ1) is 10.5. The summed E-state index contributed by atoms with van der Waals surface area (Å²) in [5.74, 6) is 0.0269. The van der Waals surface area contributed by atoms with E-state index >= 15 is 0 Å². The summed E-state index contributed by atoms with van der Waals surface area (Å²) < 4.78 is 1.86. The van der Waals surface area contributed by atoms with Crippen molar-refractivity contribution in [3.8, 4) is 11.5 Å². The van der Waals surface area contributed by atoms with E-state index in [1.54, 1.807) is 18.3 Å². The third-order valence-electron chi connectivity index (χ3n) is 1.97. The lowest BCUT2D eigenvalue weighted by molar-refractivity contribution is -0.118. The molecule has 6 nitrogen and oxygen atoms in total. The van der Waals surface area contributed by atoms with Crippen LogP contribution in [0, 0.1) is 4.77 Å². The molecule has 0 unspecified atom stereocenters. The topological polar surface area (TPSA) is 89.6 Å². The number of rotatable bonds is 3. The summed E-state index contributed by atoms with van der Waals surface area (Å²) in [5.41, 5.74) is 5.77. The molecular formula is C9H9N5OS. The molecule has 82 valence electrons. The van der Waals surface area contributed by atoms with Crippen molar-refractivity contribution in [2.24, 2.45) is 5.73 Å². The van der Waals surface area contributed by atoms with Crippen LogP contribution in [0.25, 0.3) is 11.5 Å². The molecule has 0 aromatic carbocycles. The van der Waals surface area contributed by atoms with E-state index in [2.05, 4.69) is 15.2 Å². The Kier molecular flexibility index (Phi) is 2.78. The number of nitrogens with one attached hydrogen (secondary N) is 1. The van der Waals surface area contributed by atoms with Crippen LogP contribution in [0.15, 0.2) is 24.4 Å². The molecule has 3 N–H and O–H groups in total. The lowest BCUT2D eigenvalue weighted by atomic mass is 10.3. The lowest BCUT2D eigenvalue weighted by Gasteiger charge is -2.02. The van der Waals surface area contributed by atoms with Crippen LogP contribution in [-0.2, 0) is 11.3 Å². The number of amides is 1. The number of carbonyl (C=O) groups excluding carboxylic acids is 1. The van der Waals surface area contributed by atoms with Crippen LogP contribution < -0.4 is 5.73 Å². The number of H-pyrrole nitrogens is 1. The zero-order valence-electron chi connectivity index (χ0n) is 8.25. The molecule has 0 atom stereocenters. The van der Waals surface area contributed by atoms with Crippen LogP contribution in [0.4, 0.5) is 0 Å². The van der Waals surface area contributed by atoms with Gasteiger partial charge in [0.15, 0.2) is 10.6 Å². The number of primary amides is 1. The van der Waals surface area contributed by atoms with E-state index in [4.69, 9.17) is 18.0 Å². The monoisotopic (exact) mass is 235 g/mol. The van der Waals surface area contributed by atoms with Crippen molar-refractivity contribution in [1.29, 1.82) is 0 Å². The first-order valence-electron chi connectivity index (χ1n) is 4.53. The van der Waals surface area contributed by atoms with E-state index in [1.807, 2.05) is 6.07 Å². The van der Waals surface area contributed by atoms with Gasteiger partial charge in [-0.15, -0.1) is 0 Å². The summed E-state index contributed by atoms with van der Waals surface area (Å²) in [6.45, 7) is -0.0127. The van der Waals surface area contributed by atoms with Crippen LogP contribution in [-0.4, -0.2) is 25.7 Å². The van der Waals surface area contributed by atoms with Crippen molar-refractivity contribution < 1.29 is 4.79 Å². The summed E-state index contributed by atoms with van der Waals surface area (Å²) >= 11 is 5.00. The van der Waals surface area contributed by atoms with Gasteiger partial charge in [-0.3, -0.25) is 19.4 Å². The smallest absolute Gasteiger partial charge is 0.237 e. The maximum absolute atomic E-state index is 10.9. The molecule has 1 amide bonds. The second kappa shape index (κ2) is 4.23. The summed E-state index contributed by atoms with van der Waals surface area (Å²) in [6.07, 6.45) is 1.64. The van der Waals surface area contributed by atoms with Gasteiger partial charge < -0.3 is 5.73 Å². The SMILES string of the molecule is NC(=O)Cn1c(-c2ccccn2)n[nH]c1=S. The zero-order valence-corrected chi connectivity index (χ0v) is 9.07. The van der Waals surface area contributed by atoms with E-state index in [0.29, 0.717) is 16.3 Å². The molecule has 2 rings (SSSR count).